The van der Waals surface area contributed by atoms with Gasteiger partial charge in [0, 0.05) is 36.7 Å². The molecule has 0 aromatic heterocycles. The summed E-state index contributed by atoms with van der Waals surface area (Å²) in [6, 6.07) is 8.66. The van der Waals surface area contributed by atoms with Crippen molar-refractivity contribution in [2.45, 2.75) is 26.3 Å². The molecule has 1 heterocycles. The van der Waals surface area contributed by atoms with Crippen molar-refractivity contribution in [1.29, 1.82) is 0 Å². The summed E-state index contributed by atoms with van der Waals surface area (Å²) >= 11 is 3.43. The summed E-state index contributed by atoms with van der Waals surface area (Å²) in [5, 5.41) is 3.63. The molecule has 1 aliphatic rings. The summed E-state index contributed by atoms with van der Waals surface area (Å²) in [7, 11) is 0. The van der Waals surface area contributed by atoms with E-state index in [2.05, 4.69) is 40.0 Å². The Hall–Kier alpha value is -0.580. The normalized spacial score (nSPS) is 21.6. The van der Waals surface area contributed by atoms with Crippen molar-refractivity contribution in [1.82, 2.24) is 10.2 Å². The van der Waals surface area contributed by atoms with Gasteiger partial charge in [0.15, 0.2) is 0 Å². The van der Waals surface area contributed by atoms with Crippen molar-refractivity contribution in [3.63, 3.8) is 0 Å². The second-order valence-corrected chi connectivity index (χ2v) is 6.46. The van der Waals surface area contributed by atoms with E-state index in [0.717, 1.165) is 48.9 Å². The first kappa shape index (κ1) is 15.8. The third kappa shape index (κ3) is 4.76. The summed E-state index contributed by atoms with van der Waals surface area (Å²) in [5.41, 5.74) is 0. The molecule has 0 spiro atoms. The lowest BCUT2D eigenvalue weighted by molar-refractivity contribution is 0.144. The number of hydrogen-bond donors (Lipinski definition) is 1. The van der Waals surface area contributed by atoms with Crippen molar-refractivity contribution in [2.75, 3.05) is 32.8 Å². The maximum absolute atomic E-state index is 5.80. The molecular weight excluding hydrogens is 316 g/mol. The Morgan fingerprint density at radius 2 is 2.15 bits per heavy atom. The van der Waals surface area contributed by atoms with Crippen molar-refractivity contribution in [3.8, 4) is 5.75 Å². The van der Waals surface area contributed by atoms with E-state index in [1.165, 1.54) is 6.42 Å². The number of rotatable bonds is 6. The van der Waals surface area contributed by atoms with Crippen molar-refractivity contribution < 1.29 is 4.74 Å². The first-order chi connectivity index (χ1) is 9.69. The Bertz CT molecular complexity index is 396. The fourth-order valence-corrected chi connectivity index (χ4v) is 2.80. The van der Waals surface area contributed by atoms with Gasteiger partial charge in [0.05, 0.1) is 0 Å². The molecule has 0 saturated carbocycles. The second kappa shape index (κ2) is 8.01. The summed E-state index contributed by atoms with van der Waals surface area (Å²) in [6.45, 7) is 9.71. The molecule has 2 atom stereocenters. The van der Waals surface area contributed by atoms with Crippen LogP contribution in [0.1, 0.15) is 20.3 Å². The summed E-state index contributed by atoms with van der Waals surface area (Å²) in [6.07, 6.45) is 1.24. The quantitative estimate of drug-likeness (QED) is 0.860. The van der Waals surface area contributed by atoms with Crippen LogP contribution in [-0.4, -0.2) is 43.7 Å². The standard InChI is InChI=1S/C16H25BrN2O/c1-3-13(2)16-12-19(9-8-18-16)10-11-20-15-6-4-14(17)5-7-15/h4-7,13,16,18H,3,8-12H2,1-2H3. The number of halogens is 1. The molecule has 1 aromatic rings. The molecule has 2 rings (SSSR count). The molecule has 0 bridgehead atoms. The molecule has 1 saturated heterocycles. The Balaban J connectivity index is 1.72. The molecular formula is C16H25BrN2O. The minimum atomic E-state index is 0.626. The number of benzene rings is 1. The summed E-state index contributed by atoms with van der Waals surface area (Å²) < 4.78 is 6.89. The van der Waals surface area contributed by atoms with Crippen LogP contribution in [0.15, 0.2) is 28.7 Å². The van der Waals surface area contributed by atoms with Crippen LogP contribution in [0.25, 0.3) is 0 Å². The number of ether oxygens (including phenoxy) is 1. The molecule has 1 aliphatic heterocycles. The van der Waals surface area contributed by atoms with Crippen LogP contribution in [0.3, 0.4) is 0 Å². The second-order valence-electron chi connectivity index (χ2n) is 5.55. The van der Waals surface area contributed by atoms with Gasteiger partial charge in [0.1, 0.15) is 12.4 Å². The molecule has 2 unspecified atom stereocenters. The van der Waals surface area contributed by atoms with E-state index < -0.39 is 0 Å². The lowest BCUT2D eigenvalue weighted by atomic mass is 9.97. The third-order valence-corrected chi connectivity index (χ3v) is 4.64. The van der Waals surface area contributed by atoms with E-state index in [1.54, 1.807) is 0 Å². The number of nitrogens with zero attached hydrogens (tertiary/aromatic N) is 1. The average molecular weight is 341 g/mol. The van der Waals surface area contributed by atoms with Crippen molar-refractivity contribution >= 4 is 15.9 Å². The third-order valence-electron chi connectivity index (χ3n) is 4.11. The van der Waals surface area contributed by atoms with Gasteiger partial charge in [-0.3, -0.25) is 4.90 Å². The van der Waals surface area contributed by atoms with Crippen LogP contribution < -0.4 is 10.1 Å². The van der Waals surface area contributed by atoms with Gasteiger partial charge in [-0.1, -0.05) is 36.2 Å². The number of nitrogens with one attached hydrogen (secondary N) is 1. The Morgan fingerprint density at radius 1 is 1.40 bits per heavy atom. The lowest BCUT2D eigenvalue weighted by Crippen LogP contribution is -2.53. The molecule has 112 valence electrons. The monoisotopic (exact) mass is 340 g/mol. The fourth-order valence-electron chi connectivity index (χ4n) is 2.53. The van der Waals surface area contributed by atoms with Gasteiger partial charge in [0.25, 0.3) is 0 Å². The van der Waals surface area contributed by atoms with E-state index in [1.807, 2.05) is 24.3 Å². The molecule has 1 fully saturated rings. The number of piperazine rings is 1. The zero-order valence-corrected chi connectivity index (χ0v) is 14.0. The van der Waals surface area contributed by atoms with Crippen molar-refractivity contribution in [2.24, 2.45) is 5.92 Å². The summed E-state index contributed by atoms with van der Waals surface area (Å²) in [4.78, 5) is 2.51. The van der Waals surface area contributed by atoms with Gasteiger partial charge in [-0.05, 0) is 30.2 Å². The van der Waals surface area contributed by atoms with Crippen LogP contribution in [0.4, 0.5) is 0 Å². The van der Waals surface area contributed by atoms with Gasteiger partial charge < -0.3 is 10.1 Å². The largest absolute Gasteiger partial charge is 0.492 e. The Morgan fingerprint density at radius 3 is 2.85 bits per heavy atom. The highest BCUT2D eigenvalue weighted by Gasteiger charge is 2.22. The van der Waals surface area contributed by atoms with E-state index in [4.69, 9.17) is 4.74 Å². The van der Waals surface area contributed by atoms with Gasteiger partial charge >= 0.3 is 0 Å². The van der Waals surface area contributed by atoms with Crippen LogP contribution >= 0.6 is 15.9 Å². The van der Waals surface area contributed by atoms with E-state index >= 15 is 0 Å². The van der Waals surface area contributed by atoms with Crippen LogP contribution in [-0.2, 0) is 0 Å². The predicted octanol–water partition coefficient (Wildman–Crippen LogP) is 3.15. The summed E-state index contributed by atoms with van der Waals surface area (Å²) in [5.74, 6) is 1.69. The zero-order chi connectivity index (χ0) is 14.4. The first-order valence-electron chi connectivity index (χ1n) is 7.53. The maximum Gasteiger partial charge on any atom is 0.119 e. The highest BCUT2D eigenvalue weighted by atomic mass is 79.9. The fraction of sp³-hybridized carbons (Fsp3) is 0.625. The van der Waals surface area contributed by atoms with E-state index in [-0.39, 0.29) is 0 Å². The average Bonchev–Trinajstić information content (AvgIpc) is 2.49. The lowest BCUT2D eigenvalue weighted by Gasteiger charge is -2.36. The maximum atomic E-state index is 5.80. The molecule has 0 radical (unpaired) electrons. The molecule has 4 heteroatoms. The first-order valence-corrected chi connectivity index (χ1v) is 8.32. The van der Waals surface area contributed by atoms with Gasteiger partial charge in [-0.15, -0.1) is 0 Å². The SMILES string of the molecule is CCC(C)C1CN(CCOc2ccc(Br)cc2)CCN1. The molecule has 20 heavy (non-hydrogen) atoms. The zero-order valence-electron chi connectivity index (χ0n) is 12.4. The minimum Gasteiger partial charge on any atom is -0.492 e. The molecule has 1 aromatic carbocycles. The van der Waals surface area contributed by atoms with Crippen LogP contribution in [0.5, 0.6) is 5.75 Å². The highest BCUT2D eigenvalue weighted by Crippen LogP contribution is 2.16. The minimum absolute atomic E-state index is 0.626. The molecule has 3 nitrogen and oxygen atoms in total. The smallest absolute Gasteiger partial charge is 0.119 e. The van der Waals surface area contributed by atoms with Crippen LogP contribution in [0.2, 0.25) is 0 Å². The Labute approximate surface area is 130 Å². The van der Waals surface area contributed by atoms with E-state index in [0.29, 0.717) is 6.04 Å². The highest BCUT2D eigenvalue weighted by molar-refractivity contribution is 9.10. The van der Waals surface area contributed by atoms with Crippen molar-refractivity contribution in [3.05, 3.63) is 28.7 Å². The van der Waals surface area contributed by atoms with Gasteiger partial charge in [0.2, 0.25) is 0 Å². The van der Waals surface area contributed by atoms with E-state index in [9.17, 15) is 0 Å². The molecule has 1 N–H and O–H groups in total. The molecule has 0 aliphatic carbocycles. The van der Waals surface area contributed by atoms with Gasteiger partial charge in [-0.25, -0.2) is 0 Å². The molecule has 0 amide bonds. The Kier molecular flexibility index (Phi) is 6.33. The predicted molar refractivity (Wildman–Crippen MR) is 87.3 cm³/mol. The van der Waals surface area contributed by atoms with Gasteiger partial charge in [-0.2, -0.15) is 0 Å². The van der Waals surface area contributed by atoms with Crippen LogP contribution in [0, 0.1) is 5.92 Å². The topological polar surface area (TPSA) is 24.5 Å². The number of hydrogen-bond acceptors (Lipinski definition) is 3.